The van der Waals surface area contributed by atoms with Crippen LogP contribution in [0.2, 0.25) is 0 Å². The number of nitrogens with zero attached hydrogens (tertiary/aromatic N) is 1. The molecule has 1 aliphatic rings. The highest BCUT2D eigenvalue weighted by Crippen LogP contribution is 2.27. The minimum atomic E-state index is -3.57. The lowest BCUT2D eigenvalue weighted by Gasteiger charge is -2.34. The topological polar surface area (TPSA) is 92.8 Å². The van der Waals surface area contributed by atoms with Crippen molar-refractivity contribution in [2.24, 2.45) is 11.8 Å². The van der Waals surface area contributed by atoms with Gasteiger partial charge in [0.25, 0.3) is 0 Å². The molecule has 0 saturated carbocycles. The number of carbonyl (C=O) groups is 2. The zero-order chi connectivity index (χ0) is 18.6. The maximum absolute atomic E-state index is 12.8. The third kappa shape index (κ3) is 4.79. The van der Waals surface area contributed by atoms with Crippen molar-refractivity contribution in [1.29, 1.82) is 0 Å². The normalized spacial score (nSPS) is 21.6. The number of benzene rings is 1. The highest BCUT2D eigenvalue weighted by molar-refractivity contribution is 7.89. The molecule has 0 radical (unpaired) electrons. The molecule has 25 heavy (non-hydrogen) atoms. The number of carbonyl (C=O) groups excluding carboxylic acids is 2. The lowest BCUT2D eigenvalue weighted by molar-refractivity contribution is -0.152. The molecule has 0 bridgehead atoms. The van der Waals surface area contributed by atoms with Crippen LogP contribution < -0.4 is 5.32 Å². The fourth-order valence-corrected chi connectivity index (χ4v) is 4.72. The first kappa shape index (κ1) is 19.4. The summed E-state index contributed by atoms with van der Waals surface area (Å²) in [6.45, 7) is 6.82. The van der Waals surface area contributed by atoms with Gasteiger partial charge in [-0.05, 0) is 49.4 Å². The van der Waals surface area contributed by atoms with Crippen molar-refractivity contribution in [1.82, 2.24) is 4.31 Å². The van der Waals surface area contributed by atoms with Crippen LogP contribution in [0.4, 0.5) is 5.69 Å². The van der Waals surface area contributed by atoms with Crippen LogP contribution >= 0.6 is 0 Å². The highest BCUT2D eigenvalue weighted by atomic mass is 32.2. The molecule has 1 amide bonds. The molecule has 1 saturated heterocycles. The van der Waals surface area contributed by atoms with E-state index in [1.807, 2.05) is 13.8 Å². The van der Waals surface area contributed by atoms with Gasteiger partial charge in [0.1, 0.15) is 0 Å². The van der Waals surface area contributed by atoms with E-state index in [9.17, 15) is 18.0 Å². The first-order valence-corrected chi connectivity index (χ1v) is 9.76. The minimum absolute atomic E-state index is 0.107. The molecule has 7 nitrogen and oxygen atoms in total. The molecule has 1 aromatic carbocycles. The first-order valence-electron chi connectivity index (χ1n) is 8.32. The molecule has 8 heteroatoms. The third-order valence-electron chi connectivity index (χ3n) is 4.05. The van der Waals surface area contributed by atoms with Crippen molar-refractivity contribution in [3.63, 3.8) is 0 Å². The Morgan fingerprint density at radius 1 is 1.16 bits per heavy atom. The third-order valence-corrected chi connectivity index (χ3v) is 5.89. The average molecular weight is 368 g/mol. The summed E-state index contributed by atoms with van der Waals surface area (Å²) in [4.78, 5) is 23.1. The van der Waals surface area contributed by atoms with Gasteiger partial charge in [0.2, 0.25) is 10.0 Å². The summed E-state index contributed by atoms with van der Waals surface area (Å²) in [7, 11) is -3.57. The lowest BCUT2D eigenvalue weighted by atomic mass is 9.94. The van der Waals surface area contributed by atoms with Crippen molar-refractivity contribution in [2.45, 2.75) is 32.1 Å². The molecule has 0 aliphatic carbocycles. The molecule has 138 valence electrons. The van der Waals surface area contributed by atoms with E-state index in [1.165, 1.54) is 28.6 Å². The zero-order valence-corrected chi connectivity index (χ0v) is 15.5. The summed E-state index contributed by atoms with van der Waals surface area (Å²) in [5.74, 6) is -1.23. The Bertz CT molecular complexity index is 720. The van der Waals surface area contributed by atoms with Crippen molar-refractivity contribution in [3.05, 3.63) is 24.3 Å². The smallest absolute Gasteiger partial charge is 0.397 e. The van der Waals surface area contributed by atoms with Gasteiger partial charge in [0.05, 0.1) is 11.5 Å². The van der Waals surface area contributed by atoms with Crippen molar-refractivity contribution >= 4 is 27.6 Å². The van der Waals surface area contributed by atoms with E-state index in [0.717, 1.165) is 6.42 Å². The molecular formula is C17H24N2O5S. The number of nitrogens with one attached hydrogen (secondary N) is 1. The molecule has 2 rings (SSSR count). The van der Waals surface area contributed by atoms with Gasteiger partial charge in [0.15, 0.2) is 0 Å². The summed E-state index contributed by atoms with van der Waals surface area (Å²) >= 11 is 0. The summed E-state index contributed by atoms with van der Waals surface area (Å²) in [6, 6.07) is 5.78. The molecule has 1 aromatic rings. The minimum Gasteiger partial charge on any atom is -0.459 e. The van der Waals surface area contributed by atoms with Crippen LogP contribution in [0.1, 0.15) is 27.2 Å². The van der Waals surface area contributed by atoms with E-state index < -0.39 is 21.9 Å². The fraction of sp³-hybridized carbons (Fsp3) is 0.529. The number of hydrogen-bond donors (Lipinski definition) is 1. The lowest BCUT2D eigenvalue weighted by Crippen LogP contribution is -2.42. The highest BCUT2D eigenvalue weighted by Gasteiger charge is 2.31. The quantitative estimate of drug-likeness (QED) is 0.647. The van der Waals surface area contributed by atoms with Crippen molar-refractivity contribution in [2.75, 3.05) is 25.0 Å². The Morgan fingerprint density at radius 2 is 1.72 bits per heavy atom. The zero-order valence-electron chi connectivity index (χ0n) is 14.7. The number of esters is 1. The second-order valence-corrected chi connectivity index (χ2v) is 8.40. The van der Waals surface area contributed by atoms with E-state index in [1.54, 1.807) is 6.92 Å². The molecule has 1 N–H and O–H groups in total. The number of anilines is 1. The Kier molecular flexibility index (Phi) is 6.18. The summed E-state index contributed by atoms with van der Waals surface area (Å²) in [5, 5.41) is 2.38. The van der Waals surface area contributed by atoms with Gasteiger partial charge >= 0.3 is 11.9 Å². The average Bonchev–Trinajstić information content (AvgIpc) is 2.54. The Morgan fingerprint density at radius 3 is 2.24 bits per heavy atom. The van der Waals surface area contributed by atoms with E-state index in [2.05, 4.69) is 10.1 Å². The predicted molar refractivity (Wildman–Crippen MR) is 93.4 cm³/mol. The Labute approximate surface area is 148 Å². The molecule has 1 aliphatic heterocycles. The number of amides is 1. The van der Waals surface area contributed by atoms with Crippen molar-refractivity contribution < 1.29 is 22.7 Å². The van der Waals surface area contributed by atoms with Gasteiger partial charge in [-0.15, -0.1) is 0 Å². The molecule has 1 heterocycles. The Balaban J connectivity index is 2.10. The number of ether oxygens (including phenoxy) is 1. The molecule has 1 fully saturated rings. The second-order valence-electron chi connectivity index (χ2n) is 6.47. The Hall–Kier alpha value is -1.93. The summed E-state index contributed by atoms with van der Waals surface area (Å²) in [6.07, 6.45) is 1.02. The van der Waals surface area contributed by atoms with Crippen LogP contribution in [0.3, 0.4) is 0 Å². The van der Waals surface area contributed by atoms with Crippen LogP contribution in [0, 0.1) is 11.8 Å². The van der Waals surface area contributed by atoms with E-state index in [4.69, 9.17) is 0 Å². The van der Waals surface area contributed by atoms with Gasteiger partial charge in [-0.1, -0.05) is 13.8 Å². The fourth-order valence-electron chi connectivity index (χ4n) is 3.04. The number of hydrogen-bond acceptors (Lipinski definition) is 5. The van der Waals surface area contributed by atoms with Crippen molar-refractivity contribution in [3.8, 4) is 0 Å². The van der Waals surface area contributed by atoms with Gasteiger partial charge in [-0.3, -0.25) is 4.79 Å². The number of rotatable bonds is 4. The van der Waals surface area contributed by atoms with E-state index in [0.29, 0.717) is 30.6 Å². The summed E-state index contributed by atoms with van der Waals surface area (Å²) in [5.41, 5.74) is 0.331. The van der Waals surface area contributed by atoms with Crippen LogP contribution in [-0.4, -0.2) is 44.3 Å². The van der Waals surface area contributed by atoms with Gasteiger partial charge in [0, 0.05) is 18.8 Å². The molecule has 0 aromatic heterocycles. The second kappa shape index (κ2) is 7.97. The first-order chi connectivity index (χ1) is 11.7. The van der Waals surface area contributed by atoms with E-state index >= 15 is 0 Å². The predicted octanol–water partition coefficient (Wildman–Crippen LogP) is 1.85. The van der Waals surface area contributed by atoms with Crippen LogP contribution in [0.5, 0.6) is 0 Å². The van der Waals surface area contributed by atoms with Crippen LogP contribution in [0.25, 0.3) is 0 Å². The number of piperidine rings is 1. The SMILES string of the molecule is CCOC(=O)C(=O)Nc1ccc(S(=O)(=O)N2C[C@H](C)C[C@@H](C)C2)cc1. The van der Waals surface area contributed by atoms with Gasteiger partial charge < -0.3 is 10.1 Å². The van der Waals surface area contributed by atoms with Crippen LogP contribution in [0.15, 0.2) is 29.2 Å². The molecule has 2 atom stereocenters. The maximum atomic E-state index is 12.8. The standard InChI is InChI=1S/C17H24N2O5S/c1-4-24-17(21)16(20)18-14-5-7-15(8-6-14)25(22,23)19-10-12(2)9-13(3)11-19/h5-8,12-13H,4,9-11H2,1-3H3,(H,18,20)/t12-,13-/m1/s1. The molecule has 0 unspecified atom stereocenters. The van der Waals surface area contributed by atoms with Gasteiger partial charge in [-0.2, -0.15) is 4.31 Å². The largest absolute Gasteiger partial charge is 0.459 e. The summed E-state index contributed by atoms with van der Waals surface area (Å²) < 4.78 is 31.7. The molecule has 0 spiro atoms. The van der Waals surface area contributed by atoms with Gasteiger partial charge in [-0.25, -0.2) is 13.2 Å². The molecular weight excluding hydrogens is 344 g/mol. The monoisotopic (exact) mass is 368 g/mol. The van der Waals surface area contributed by atoms with Crippen LogP contribution in [-0.2, 0) is 24.3 Å². The maximum Gasteiger partial charge on any atom is 0.397 e. The van der Waals surface area contributed by atoms with E-state index in [-0.39, 0.29) is 11.5 Å². The number of sulfonamides is 1.